The first-order valence-corrected chi connectivity index (χ1v) is 7.58. The maximum atomic E-state index is 2.61. The first kappa shape index (κ1) is 11.6. The van der Waals surface area contributed by atoms with E-state index in [4.69, 9.17) is 0 Å². The minimum Gasteiger partial charge on any atom is -0.352 e. The summed E-state index contributed by atoms with van der Waals surface area (Å²) in [5, 5.41) is 0. The Hall–Kier alpha value is -1.18. The van der Waals surface area contributed by atoms with Gasteiger partial charge >= 0.3 is 0 Å². The van der Waals surface area contributed by atoms with Crippen LogP contribution in [0.1, 0.15) is 51.7 Å². The highest BCUT2D eigenvalue weighted by Crippen LogP contribution is 2.54. The third-order valence-corrected chi connectivity index (χ3v) is 5.60. The predicted octanol–water partition coefficient (Wildman–Crippen LogP) is 3.63. The second-order valence-electron chi connectivity index (χ2n) is 7.79. The Morgan fingerprint density at radius 2 is 1.21 bits per heavy atom. The zero-order valence-electron chi connectivity index (χ0n) is 12.6. The lowest BCUT2D eigenvalue weighted by atomic mass is 9.73. The lowest BCUT2D eigenvalue weighted by Crippen LogP contribution is -2.39. The highest BCUT2D eigenvalue weighted by Gasteiger charge is 2.43. The van der Waals surface area contributed by atoms with Gasteiger partial charge in [-0.25, -0.2) is 0 Å². The van der Waals surface area contributed by atoms with E-state index < -0.39 is 0 Å². The predicted molar refractivity (Wildman–Crippen MR) is 81.3 cm³/mol. The standard InChI is InChI=1S/C17H24N2/c1-16(2)7-9-18-11-19-10-8-17(3,4)13-6-5-12(16)14(18)15(13)19/h5-6H,7-11H2,1-4H3. The van der Waals surface area contributed by atoms with E-state index in [-0.39, 0.29) is 0 Å². The average molecular weight is 256 g/mol. The lowest BCUT2D eigenvalue weighted by molar-refractivity contribution is 0.455. The Bertz CT molecular complexity index is 508. The van der Waals surface area contributed by atoms with Gasteiger partial charge in [0.05, 0.1) is 18.0 Å². The van der Waals surface area contributed by atoms with Gasteiger partial charge in [-0.2, -0.15) is 0 Å². The summed E-state index contributed by atoms with van der Waals surface area (Å²) in [5.41, 5.74) is 6.91. The number of hydrogen-bond acceptors (Lipinski definition) is 2. The van der Waals surface area contributed by atoms with Crippen molar-refractivity contribution in [3.05, 3.63) is 23.3 Å². The Balaban J connectivity index is 2.01. The highest BCUT2D eigenvalue weighted by atomic mass is 15.4. The molecule has 3 aliphatic heterocycles. The summed E-state index contributed by atoms with van der Waals surface area (Å²) in [5.74, 6) is 0. The van der Waals surface area contributed by atoms with Crippen LogP contribution in [0.4, 0.5) is 11.4 Å². The summed E-state index contributed by atoms with van der Waals surface area (Å²) >= 11 is 0. The molecule has 0 aliphatic carbocycles. The van der Waals surface area contributed by atoms with E-state index in [2.05, 4.69) is 49.6 Å². The molecule has 0 saturated heterocycles. The van der Waals surface area contributed by atoms with Gasteiger partial charge in [0, 0.05) is 13.1 Å². The van der Waals surface area contributed by atoms with Crippen molar-refractivity contribution in [1.29, 1.82) is 0 Å². The topological polar surface area (TPSA) is 6.48 Å². The Morgan fingerprint density at radius 3 is 1.63 bits per heavy atom. The maximum absolute atomic E-state index is 2.61. The van der Waals surface area contributed by atoms with E-state index in [0.29, 0.717) is 10.8 Å². The molecule has 4 rings (SSSR count). The van der Waals surface area contributed by atoms with Crippen LogP contribution in [0.2, 0.25) is 0 Å². The van der Waals surface area contributed by atoms with Gasteiger partial charge in [0.2, 0.25) is 0 Å². The second kappa shape index (κ2) is 3.28. The first-order valence-electron chi connectivity index (χ1n) is 7.58. The van der Waals surface area contributed by atoms with Crippen LogP contribution in [0, 0.1) is 0 Å². The van der Waals surface area contributed by atoms with Crippen LogP contribution >= 0.6 is 0 Å². The van der Waals surface area contributed by atoms with Crippen molar-refractivity contribution in [3.8, 4) is 0 Å². The monoisotopic (exact) mass is 256 g/mol. The molecule has 2 nitrogen and oxygen atoms in total. The number of nitrogens with zero attached hydrogens (tertiary/aromatic N) is 2. The van der Waals surface area contributed by atoms with Crippen molar-refractivity contribution in [2.75, 3.05) is 29.6 Å². The van der Waals surface area contributed by atoms with Gasteiger partial charge in [-0.1, -0.05) is 39.8 Å². The van der Waals surface area contributed by atoms with Crippen LogP contribution < -0.4 is 9.80 Å². The molecule has 0 unspecified atom stereocenters. The Morgan fingerprint density at radius 1 is 0.789 bits per heavy atom. The van der Waals surface area contributed by atoms with E-state index in [1.807, 2.05) is 0 Å². The van der Waals surface area contributed by atoms with Crippen LogP contribution in [0.25, 0.3) is 0 Å². The molecule has 0 fully saturated rings. The summed E-state index contributed by atoms with van der Waals surface area (Å²) in [7, 11) is 0. The SMILES string of the molecule is CC1(C)CCN2CN3CCC(C)(C)c4ccc1c2c43. The molecule has 0 amide bonds. The van der Waals surface area contributed by atoms with Crippen LogP contribution in [0.3, 0.4) is 0 Å². The van der Waals surface area contributed by atoms with Crippen molar-refractivity contribution in [3.63, 3.8) is 0 Å². The molecule has 19 heavy (non-hydrogen) atoms. The lowest BCUT2D eigenvalue weighted by Gasteiger charge is -2.39. The molecular formula is C17H24N2. The first-order chi connectivity index (χ1) is 8.90. The largest absolute Gasteiger partial charge is 0.352 e. The van der Waals surface area contributed by atoms with Gasteiger partial charge in [-0.05, 0) is 34.8 Å². The van der Waals surface area contributed by atoms with Crippen molar-refractivity contribution >= 4 is 11.4 Å². The Labute approximate surface area is 116 Å². The van der Waals surface area contributed by atoms with Gasteiger partial charge in [0.15, 0.2) is 0 Å². The minimum atomic E-state index is 0.332. The van der Waals surface area contributed by atoms with E-state index in [9.17, 15) is 0 Å². The van der Waals surface area contributed by atoms with Gasteiger partial charge < -0.3 is 9.80 Å². The van der Waals surface area contributed by atoms with Crippen molar-refractivity contribution in [2.24, 2.45) is 0 Å². The summed E-state index contributed by atoms with van der Waals surface area (Å²) in [4.78, 5) is 5.22. The molecule has 3 heterocycles. The van der Waals surface area contributed by atoms with Gasteiger partial charge in [0.25, 0.3) is 0 Å². The highest BCUT2D eigenvalue weighted by molar-refractivity contribution is 5.85. The van der Waals surface area contributed by atoms with Crippen molar-refractivity contribution in [1.82, 2.24) is 0 Å². The Kier molecular flexibility index (Phi) is 2.01. The number of benzene rings is 1. The van der Waals surface area contributed by atoms with Crippen molar-refractivity contribution < 1.29 is 0 Å². The van der Waals surface area contributed by atoms with Crippen LogP contribution in [0.15, 0.2) is 12.1 Å². The quantitative estimate of drug-likeness (QED) is 0.699. The smallest absolute Gasteiger partial charge is 0.0904 e. The van der Waals surface area contributed by atoms with E-state index in [1.165, 1.54) is 25.9 Å². The molecule has 1 aromatic carbocycles. The maximum Gasteiger partial charge on any atom is 0.0904 e. The third-order valence-electron chi connectivity index (χ3n) is 5.60. The van der Waals surface area contributed by atoms with Crippen LogP contribution in [0.5, 0.6) is 0 Å². The molecule has 102 valence electrons. The molecule has 0 radical (unpaired) electrons. The third kappa shape index (κ3) is 1.38. The van der Waals surface area contributed by atoms with Crippen molar-refractivity contribution in [2.45, 2.75) is 51.4 Å². The fraction of sp³-hybridized carbons (Fsp3) is 0.647. The van der Waals surface area contributed by atoms with E-state index in [1.54, 1.807) is 22.5 Å². The zero-order chi connectivity index (χ0) is 13.4. The molecule has 0 saturated carbocycles. The summed E-state index contributed by atoms with van der Waals surface area (Å²) in [6.45, 7) is 13.2. The molecule has 0 N–H and O–H groups in total. The number of hydrogen-bond donors (Lipinski definition) is 0. The van der Waals surface area contributed by atoms with Gasteiger partial charge in [0.1, 0.15) is 0 Å². The summed E-state index contributed by atoms with van der Waals surface area (Å²) < 4.78 is 0. The molecule has 3 aliphatic rings. The average Bonchev–Trinajstić information content (AvgIpc) is 2.71. The fourth-order valence-electron chi connectivity index (χ4n) is 4.12. The van der Waals surface area contributed by atoms with Crippen LogP contribution in [-0.2, 0) is 10.8 Å². The van der Waals surface area contributed by atoms with Gasteiger partial charge in [-0.3, -0.25) is 0 Å². The second-order valence-corrected chi connectivity index (χ2v) is 7.79. The normalized spacial score (nSPS) is 25.5. The molecule has 0 aromatic heterocycles. The molecule has 1 aromatic rings. The number of anilines is 2. The fourth-order valence-corrected chi connectivity index (χ4v) is 4.12. The van der Waals surface area contributed by atoms with Gasteiger partial charge in [-0.15, -0.1) is 0 Å². The summed E-state index contributed by atoms with van der Waals surface area (Å²) in [6, 6.07) is 4.83. The molecule has 0 bridgehead atoms. The molecule has 0 spiro atoms. The minimum absolute atomic E-state index is 0.332. The molecule has 0 atom stereocenters. The molecule has 2 heteroatoms. The molecular weight excluding hydrogens is 232 g/mol. The van der Waals surface area contributed by atoms with Crippen LogP contribution in [-0.4, -0.2) is 19.8 Å². The van der Waals surface area contributed by atoms with E-state index >= 15 is 0 Å². The summed E-state index contributed by atoms with van der Waals surface area (Å²) in [6.07, 6.45) is 2.55. The van der Waals surface area contributed by atoms with E-state index in [0.717, 1.165) is 6.67 Å². The zero-order valence-corrected chi connectivity index (χ0v) is 12.6. The number of rotatable bonds is 0.